The second-order valence-corrected chi connectivity index (χ2v) is 6.24. The summed E-state index contributed by atoms with van der Waals surface area (Å²) in [4.78, 5) is 44.6. The SMILES string of the molecule is O=[PH+]OC(C(COPO)OPO)C(OPO)C(COPO)OPO. The maximum atomic E-state index is 11.0. The van der Waals surface area contributed by atoms with Crippen molar-refractivity contribution < 1.29 is 56.2 Å². The highest BCUT2D eigenvalue weighted by atomic mass is 31.1. The van der Waals surface area contributed by atoms with E-state index < -0.39 is 78.3 Å². The van der Waals surface area contributed by atoms with Crippen LogP contribution in [0.15, 0.2) is 0 Å². The van der Waals surface area contributed by atoms with Crippen LogP contribution in [0.2, 0.25) is 0 Å². The predicted octanol–water partition coefficient (Wildman–Crippen LogP) is 0.00340. The van der Waals surface area contributed by atoms with Crippen LogP contribution in [0.25, 0.3) is 0 Å². The van der Waals surface area contributed by atoms with E-state index in [0.717, 1.165) is 0 Å². The van der Waals surface area contributed by atoms with Gasteiger partial charge in [0.1, 0.15) is 18.3 Å². The average Bonchev–Trinajstić information content (AvgIpc) is 2.59. The largest absolute Gasteiger partial charge is 0.494 e. The van der Waals surface area contributed by atoms with E-state index in [0.29, 0.717) is 0 Å². The van der Waals surface area contributed by atoms with Crippen LogP contribution in [0.4, 0.5) is 0 Å². The maximum Gasteiger partial charge on any atom is 0.494 e. The molecule has 0 aliphatic carbocycles. The Morgan fingerprint density at radius 3 is 1.54 bits per heavy atom. The summed E-state index contributed by atoms with van der Waals surface area (Å²) in [6, 6.07) is 0. The van der Waals surface area contributed by atoms with Crippen molar-refractivity contribution in [2.75, 3.05) is 13.2 Å². The Hall–Kier alpha value is 1.81. The quantitative estimate of drug-likeness (QED) is 0.181. The van der Waals surface area contributed by atoms with E-state index in [2.05, 4.69) is 0 Å². The fourth-order valence-corrected chi connectivity index (χ4v) is 3.55. The van der Waals surface area contributed by atoms with Crippen molar-refractivity contribution in [3.05, 3.63) is 0 Å². The van der Waals surface area contributed by atoms with E-state index in [9.17, 15) is 4.57 Å². The number of hydrogen-bond acceptors (Lipinski definition) is 12. The summed E-state index contributed by atoms with van der Waals surface area (Å²) in [5, 5.41) is 0. The molecule has 0 radical (unpaired) electrons. The van der Waals surface area contributed by atoms with E-state index >= 15 is 0 Å². The Bertz CT molecular complexity index is 303. The Morgan fingerprint density at radius 2 is 1.17 bits per heavy atom. The lowest BCUT2D eigenvalue weighted by Crippen LogP contribution is -2.49. The molecule has 10 unspecified atom stereocenters. The molecule has 10 atom stereocenters. The molecule has 0 rings (SSSR count). The second kappa shape index (κ2) is 18.2. The minimum Gasteiger partial charge on any atom is -0.352 e. The van der Waals surface area contributed by atoms with Gasteiger partial charge in [-0.1, -0.05) is 0 Å². The van der Waals surface area contributed by atoms with Gasteiger partial charge < -0.3 is 47.1 Å². The first-order chi connectivity index (χ1) is 11.7. The zero-order valence-electron chi connectivity index (χ0n) is 11.8. The van der Waals surface area contributed by atoms with Crippen LogP contribution in [0.5, 0.6) is 0 Å². The molecule has 0 saturated heterocycles. The maximum absolute atomic E-state index is 11.0. The molecule has 18 heteroatoms. The first-order valence-corrected chi connectivity index (χ1v) is 11.0. The fourth-order valence-electron chi connectivity index (χ4n) is 1.59. The molecule has 0 aromatic rings. The standard InChI is InChI=1S/C6H19O12P6/c7-19-13-1-3(15-21-9)5(17-23-11)6(18-24-12)4(16-22-10)2-14-20-8/h3-11,19-24H,1-2H2/q+1. The topological polar surface area (TPSA) is 174 Å². The Balaban J connectivity index is 5.34. The summed E-state index contributed by atoms with van der Waals surface area (Å²) in [5.41, 5.74) is 0. The van der Waals surface area contributed by atoms with Crippen LogP contribution >= 0.6 is 53.9 Å². The molecule has 0 heterocycles. The Morgan fingerprint density at radius 1 is 0.708 bits per heavy atom. The lowest BCUT2D eigenvalue weighted by atomic mass is 10.0. The lowest BCUT2D eigenvalue weighted by molar-refractivity contribution is -0.0741. The van der Waals surface area contributed by atoms with Gasteiger partial charge in [-0.2, -0.15) is 0 Å². The molecule has 0 aromatic carbocycles. The molecule has 0 amide bonds. The van der Waals surface area contributed by atoms with Crippen LogP contribution in [-0.4, -0.2) is 62.1 Å². The third-order valence-electron chi connectivity index (χ3n) is 2.46. The highest BCUT2D eigenvalue weighted by Crippen LogP contribution is 2.31. The van der Waals surface area contributed by atoms with Gasteiger partial charge in [0.05, 0.1) is 13.2 Å². The summed E-state index contributed by atoms with van der Waals surface area (Å²) in [7, 11) is -5.95. The van der Waals surface area contributed by atoms with Crippen molar-refractivity contribution >= 4 is 53.9 Å². The van der Waals surface area contributed by atoms with Crippen LogP contribution in [0.1, 0.15) is 0 Å². The molecule has 0 bridgehead atoms. The summed E-state index contributed by atoms with van der Waals surface area (Å²) in [6.45, 7) is -0.487. The third-order valence-corrected chi connectivity index (χ3v) is 4.62. The lowest BCUT2D eigenvalue weighted by Gasteiger charge is -2.32. The molecule has 24 heavy (non-hydrogen) atoms. The third kappa shape index (κ3) is 10.8. The molecule has 0 saturated carbocycles. The molecule has 12 nitrogen and oxygen atoms in total. The van der Waals surface area contributed by atoms with Gasteiger partial charge in [-0.05, 0) is 4.57 Å². The van der Waals surface area contributed by atoms with Crippen molar-refractivity contribution in [3.8, 4) is 0 Å². The predicted molar refractivity (Wildman–Crippen MR) is 93.1 cm³/mol. The van der Waals surface area contributed by atoms with Gasteiger partial charge in [0.25, 0.3) is 0 Å². The molecule has 5 N–H and O–H groups in total. The first kappa shape index (κ1) is 25.8. The van der Waals surface area contributed by atoms with Crippen molar-refractivity contribution in [3.63, 3.8) is 0 Å². The minimum atomic E-state index is -1.25. The summed E-state index contributed by atoms with van der Waals surface area (Å²) in [6.07, 6.45) is -4.40. The Kier molecular flexibility index (Phi) is 19.6. The van der Waals surface area contributed by atoms with E-state index in [1.807, 2.05) is 0 Å². The van der Waals surface area contributed by atoms with Gasteiger partial charge in [-0.15, -0.1) is 4.52 Å². The molecule has 0 aliphatic rings. The summed E-state index contributed by atoms with van der Waals surface area (Å²) in [5.74, 6) is 0. The van der Waals surface area contributed by atoms with Gasteiger partial charge in [-0.3, -0.25) is 0 Å². The minimum absolute atomic E-state index is 0.240. The van der Waals surface area contributed by atoms with E-state index in [1.165, 1.54) is 0 Å². The Labute approximate surface area is 148 Å². The molecule has 0 aromatic heterocycles. The van der Waals surface area contributed by atoms with Crippen molar-refractivity contribution in [2.24, 2.45) is 0 Å². The highest BCUT2D eigenvalue weighted by molar-refractivity contribution is 7.25. The monoisotopic (exact) mass is 469 g/mol. The van der Waals surface area contributed by atoms with Crippen LogP contribution in [0, 0.1) is 0 Å². The second-order valence-electron chi connectivity index (χ2n) is 3.64. The van der Waals surface area contributed by atoms with Crippen LogP contribution in [0.3, 0.4) is 0 Å². The molecule has 0 fully saturated rings. The molecule has 144 valence electrons. The van der Waals surface area contributed by atoms with Crippen LogP contribution in [-0.2, 0) is 31.7 Å². The normalized spacial score (nSPS) is 19.4. The van der Waals surface area contributed by atoms with E-state index in [1.54, 1.807) is 0 Å². The number of hydrogen-bond donors (Lipinski definition) is 5. The van der Waals surface area contributed by atoms with Crippen molar-refractivity contribution in [2.45, 2.75) is 24.4 Å². The zero-order chi connectivity index (χ0) is 18.2. The van der Waals surface area contributed by atoms with Crippen molar-refractivity contribution in [1.29, 1.82) is 0 Å². The highest BCUT2D eigenvalue weighted by Gasteiger charge is 2.41. The smallest absolute Gasteiger partial charge is 0.352 e. The van der Waals surface area contributed by atoms with Gasteiger partial charge >= 0.3 is 8.69 Å². The van der Waals surface area contributed by atoms with Crippen molar-refractivity contribution in [1.82, 2.24) is 0 Å². The van der Waals surface area contributed by atoms with E-state index in [-0.39, 0.29) is 13.2 Å². The van der Waals surface area contributed by atoms with Gasteiger partial charge in [0, 0.05) is 0 Å². The first-order valence-electron chi connectivity index (χ1n) is 5.88. The summed E-state index contributed by atoms with van der Waals surface area (Å²) >= 11 is 0. The molecule has 0 spiro atoms. The molecular weight excluding hydrogens is 450 g/mol. The van der Waals surface area contributed by atoms with Gasteiger partial charge in [-0.25, -0.2) is 0 Å². The van der Waals surface area contributed by atoms with E-state index in [4.69, 9.17) is 51.6 Å². The number of rotatable bonds is 17. The van der Waals surface area contributed by atoms with Gasteiger partial charge in [0.15, 0.2) is 51.3 Å². The van der Waals surface area contributed by atoms with Crippen LogP contribution < -0.4 is 0 Å². The van der Waals surface area contributed by atoms with Gasteiger partial charge in [0.2, 0.25) is 0 Å². The fraction of sp³-hybridized carbons (Fsp3) is 1.00. The molecule has 0 aliphatic heterocycles. The average molecular weight is 469 g/mol. The summed E-state index contributed by atoms with van der Waals surface area (Å²) < 4.78 is 40.9. The molecular formula is C6H19O12P6+. The zero-order valence-corrected chi connectivity index (χ0v) is 17.8.